The first-order valence-corrected chi connectivity index (χ1v) is 9.11. The molecule has 0 aliphatic carbocycles. The number of aromatic nitrogens is 1. The maximum atomic E-state index is 9.72. The molecule has 0 unspecified atom stereocenters. The molecule has 0 saturated heterocycles. The van der Waals surface area contributed by atoms with E-state index in [2.05, 4.69) is 63.7 Å². The number of hydrogen-bond acceptors (Lipinski definition) is 2. The molecule has 0 atom stereocenters. The molecule has 0 bridgehead atoms. The van der Waals surface area contributed by atoms with Gasteiger partial charge < -0.3 is 19.9 Å². The number of nitrogens with zero attached hydrogens (tertiary/aromatic N) is 3. The summed E-state index contributed by atoms with van der Waals surface area (Å²) in [5.41, 5.74) is 1.10. The average Bonchev–Trinajstić information content (AvgIpc) is 2.85. The van der Waals surface area contributed by atoms with Crippen LogP contribution in [0.25, 0.3) is 0 Å². The van der Waals surface area contributed by atoms with Crippen molar-refractivity contribution in [1.29, 1.82) is 0 Å². The van der Waals surface area contributed by atoms with Gasteiger partial charge in [-0.05, 0) is 41.8 Å². The van der Waals surface area contributed by atoms with Gasteiger partial charge in [0.2, 0.25) is 0 Å². The first kappa shape index (κ1) is 20.0. The van der Waals surface area contributed by atoms with E-state index in [-0.39, 0.29) is 12.0 Å². The van der Waals surface area contributed by atoms with Crippen LogP contribution in [0.5, 0.6) is 0 Å². The minimum Gasteiger partial charge on any atom is -0.396 e. The fraction of sp³-hybridized carbons (Fsp3) is 0.706. The highest BCUT2D eigenvalue weighted by atomic mass is 79.9. The second-order valence-electron chi connectivity index (χ2n) is 6.15. The third-order valence-corrected chi connectivity index (χ3v) is 5.00. The number of hydrogen-bond donors (Lipinski definition) is 2. The summed E-state index contributed by atoms with van der Waals surface area (Å²) in [6.45, 7) is 8.72. The molecule has 0 spiro atoms. The number of aliphatic hydroxyl groups is 1. The zero-order chi connectivity index (χ0) is 17.5. The molecular weight excluding hydrogens is 356 g/mol. The summed E-state index contributed by atoms with van der Waals surface area (Å²) in [5.74, 6) is 0.879. The minimum absolute atomic E-state index is 0.116. The van der Waals surface area contributed by atoms with Crippen LogP contribution in [0.3, 0.4) is 0 Å². The van der Waals surface area contributed by atoms with Gasteiger partial charge in [-0.1, -0.05) is 13.8 Å². The van der Waals surface area contributed by atoms with E-state index in [1.165, 1.54) is 5.69 Å². The number of aryl methyl sites for hydroxylation is 1. The van der Waals surface area contributed by atoms with Crippen molar-refractivity contribution in [2.24, 2.45) is 17.5 Å². The predicted molar refractivity (Wildman–Crippen MR) is 101 cm³/mol. The lowest BCUT2D eigenvalue weighted by molar-refractivity contribution is 0.123. The van der Waals surface area contributed by atoms with Crippen molar-refractivity contribution in [2.75, 3.05) is 26.7 Å². The molecule has 1 aromatic rings. The molecule has 1 heterocycles. The van der Waals surface area contributed by atoms with E-state index in [9.17, 15) is 5.11 Å². The Morgan fingerprint density at radius 3 is 2.48 bits per heavy atom. The molecular formula is C17H31BrN4O. The first-order valence-electron chi connectivity index (χ1n) is 8.32. The van der Waals surface area contributed by atoms with Gasteiger partial charge in [0, 0.05) is 42.4 Å². The SMILES string of the molecule is CCNC(=NCC(CC)(CC)CO)N(C)Cc1cc(Br)cn1C. The second kappa shape index (κ2) is 9.33. The van der Waals surface area contributed by atoms with Crippen molar-refractivity contribution in [3.05, 3.63) is 22.4 Å². The monoisotopic (exact) mass is 386 g/mol. The highest BCUT2D eigenvalue weighted by Gasteiger charge is 2.25. The molecule has 1 rings (SSSR count). The quantitative estimate of drug-likeness (QED) is 0.533. The Morgan fingerprint density at radius 2 is 2.04 bits per heavy atom. The summed E-state index contributed by atoms with van der Waals surface area (Å²) in [7, 11) is 4.09. The van der Waals surface area contributed by atoms with Crippen molar-refractivity contribution in [2.45, 2.75) is 40.2 Å². The first-order chi connectivity index (χ1) is 10.9. The van der Waals surface area contributed by atoms with Crippen molar-refractivity contribution >= 4 is 21.9 Å². The number of aliphatic imine (C=N–C) groups is 1. The lowest BCUT2D eigenvalue weighted by Crippen LogP contribution is -2.40. The molecule has 0 radical (unpaired) electrons. The van der Waals surface area contributed by atoms with Crippen molar-refractivity contribution in [3.8, 4) is 0 Å². The van der Waals surface area contributed by atoms with Gasteiger partial charge in [0.15, 0.2) is 5.96 Å². The molecule has 1 aromatic heterocycles. The molecule has 23 heavy (non-hydrogen) atoms. The Labute approximate surface area is 148 Å². The Morgan fingerprint density at radius 1 is 1.39 bits per heavy atom. The van der Waals surface area contributed by atoms with Gasteiger partial charge in [-0.15, -0.1) is 0 Å². The third-order valence-electron chi connectivity index (χ3n) is 4.57. The van der Waals surface area contributed by atoms with E-state index in [0.29, 0.717) is 6.54 Å². The van der Waals surface area contributed by atoms with E-state index < -0.39 is 0 Å². The smallest absolute Gasteiger partial charge is 0.194 e. The summed E-state index contributed by atoms with van der Waals surface area (Å²) in [6.07, 6.45) is 3.91. The lowest BCUT2D eigenvalue weighted by atomic mass is 9.83. The van der Waals surface area contributed by atoms with Crippen LogP contribution < -0.4 is 5.32 Å². The zero-order valence-electron chi connectivity index (χ0n) is 15.1. The van der Waals surface area contributed by atoms with Crippen molar-refractivity contribution in [1.82, 2.24) is 14.8 Å². The molecule has 0 saturated carbocycles. The Hall–Kier alpha value is -1.01. The molecule has 0 fully saturated rings. The molecule has 2 N–H and O–H groups in total. The maximum absolute atomic E-state index is 9.72. The molecule has 0 amide bonds. The van der Waals surface area contributed by atoms with Crippen LogP contribution in [0.15, 0.2) is 21.7 Å². The predicted octanol–water partition coefficient (Wildman–Crippen LogP) is 2.98. The second-order valence-corrected chi connectivity index (χ2v) is 7.07. The fourth-order valence-electron chi connectivity index (χ4n) is 2.50. The summed E-state index contributed by atoms with van der Waals surface area (Å²) >= 11 is 3.51. The maximum Gasteiger partial charge on any atom is 0.194 e. The van der Waals surface area contributed by atoms with Crippen molar-refractivity contribution in [3.63, 3.8) is 0 Å². The van der Waals surface area contributed by atoms with Gasteiger partial charge >= 0.3 is 0 Å². The zero-order valence-corrected chi connectivity index (χ0v) is 16.7. The van der Waals surface area contributed by atoms with Crippen LogP contribution in [0, 0.1) is 5.41 Å². The van der Waals surface area contributed by atoms with Gasteiger partial charge in [-0.2, -0.15) is 0 Å². The van der Waals surface area contributed by atoms with Gasteiger partial charge in [0.25, 0.3) is 0 Å². The number of aliphatic hydroxyl groups excluding tert-OH is 1. The van der Waals surface area contributed by atoms with Crippen molar-refractivity contribution < 1.29 is 5.11 Å². The molecule has 5 nitrogen and oxygen atoms in total. The standard InChI is InChI=1S/C17H31BrN4O/c1-6-17(7-2,13-23)12-20-16(19-8-3)22(5)11-15-9-14(18)10-21(15)4/h9-10,23H,6-8,11-13H2,1-5H3,(H,19,20). The molecule has 0 aliphatic heterocycles. The number of nitrogens with one attached hydrogen (secondary N) is 1. The minimum atomic E-state index is -0.116. The fourth-order valence-corrected chi connectivity index (χ4v) is 3.07. The van der Waals surface area contributed by atoms with Gasteiger partial charge in [-0.3, -0.25) is 4.99 Å². The largest absolute Gasteiger partial charge is 0.396 e. The van der Waals surface area contributed by atoms with Crippen LogP contribution in [-0.4, -0.2) is 47.3 Å². The normalized spacial score (nSPS) is 12.6. The molecule has 0 aliphatic rings. The Balaban J connectivity index is 2.87. The highest BCUT2D eigenvalue weighted by Crippen LogP contribution is 2.26. The van der Waals surface area contributed by atoms with E-state index >= 15 is 0 Å². The van der Waals surface area contributed by atoms with Gasteiger partial charge in [0.1, 0.15) is 0 Å². The third kappa shape index (κ3) is 5.53. The van der Waals surface area contributed by atoms with Crippen LogP contribution >= 0.6 is 15.9 Å². The molecule has 132 valence electrons. The van der Waals surface area contributed by atoms with Crippen LogP contribution in [0.1, 0.15) is 39.3 Å². The number of rotatable bonds is 8. The van der Waals surface area contributed by atoms with Crippen LogP contribution in [-0.2, 0) is 13.6 Å². The van der Waals surface area contributed by atoms with E-state index in [1.54, 1.807) is 0 Å². The molecule has 6 heteroatoms. The number of halogens is 1. The topological polar surface area (TPSA) is 52.8 Å². The molecule has 0 aromatic carbocycles. The summed E-state index contributed by atoms with van der Waals surface area (Å²) < 4.78 is 3.20. The van der Waals surface area contributed by atoms with Gasteiger partial charge in [0.05, 0.1) is 19.7 Å². The van der Waals surface area contributed by atoms with E-state index in [1.807, 2.05) is 14.1 Å². The highest BCUT2D eigenvalue weighted by molar-refractivity contribution is 9.10. The van der Waals surface area contributed by atoms with Crippen LogP contribution in [0.4, 0.5) is 0 Å². The van der Waals surface area contributed by atoms with E-state index in [4.69, 9.17) is 4.99 Å². The Bertz CT molecular complexity index is 500. The van der Waals surface area contributed by atoms with Gasteiger partial charge in [-0.25, -0.2) is 0 Å². The summed E-state index contributed by atoms with van der Waals surface area (Å²) in [5, 5.41) is 13.1. The lowest BCUT2D eigenvalue weighted by Gasteiger charge is -2.29. The van der Waals surface area contributed by atoms with E-state index in [0.717, 1.165) is 36.4 Å². The summed E-state index contributed by atoms with van der Waals surface area (Å²) in [4.78, 5) is 6.91. The average molecular weight is 387 g/mol. The summed E-state index contributed by atoms with van der Waals surface area (Å²) in [6, 6.07) is 2.12. The van der Waals surface area contributed by atoms with Crippen LogP contribution in [0.2, 0.25) is 0 Å². The Kier molecular flexibility index (Phi) is 8.12. The number of guanidine groups is 1.